The molecule has 0 aliphatic heterocycles. The standard InChI is InChI=1S/C23H48O4S.Na/c1-2-3-4-5-14-17-20-23(28(25,26)27)21-18-15-12-10-8-6-7-9-11-13-16-19-22-24;/h23-24H,2-22H2,1H3,(H,25,26,27);/q;+1/p-1. The molecule has 29 heavy (non-hydrogen) atoms. The molecule has 0 bridgehead atoms. The number of unbranched alkanes of at least 4 members (excludes halogenated alkanes) is 16. The van der Waals surface area contributed by atoms with Crippen molar-refractivity contribution in [3.63, 3.8) is 0 Å². The van der Waals surface area contributed by atoms with Crippen LogP contribution >= 0.6 is 0 Å². The topological polar surface area (TPSA) is 77.4 Å². The molecule has 0 aliphatic rings. The SMILES string of the molecule is CCCCCCCCC(CCCCCCCCCCCCCCO)S(=O)(=O)[O-].[Na+]. The van der Waals surface area contributed by atoms with Crippen LogP contribution in [0.3, 0.4) is 0 Å². The molecule has 0 spiro atoms. The average Bonchev–Trinajstić information content (AvgIpc) is 2.65. The molecule has 0 radical (unpaired) electrons. The Hall–Kier alpha value is 0.870. The third-order valence-electron chi connectivity index (χ3n) is 5.72. The van der Waals surface area contributed by atoms with Gasteiger partial charge in [0.25, 0.3) is 0 Å². The van der Waals surface area contributed by atoms with Crippen LogP contribution < -0.4 is 29.6 Å². The summed E-state index contributed by atoms with van der Waals surface area (Å²) in [5, 5.41) is 8.06. The molecule has 0 heterocycles. The number of hydrogen-bond acceptors (Lipinski definition) is 4. The quantitative estimate of drug-likeness (QED) is 0.157. The fourth-order valence-electron chi connectivity index (χ4n) is 3.84. The maximum atomic E-state index is 11.5. The van der Waals surface area contributed by atoms with E-state index in [1.165, 1.54) is 64.2 Å². The van der Waals surface area contributed by atoms with Gasteiger partial charge in [0.1, 0.15) is 0 Å². The van der Waals surface area contributed by atoms with Gasteiger partial charge in [0, 0.05) is 11.9 Å². The molecule has 0 aliphatic carbocycles. The first-order valence-electron chi connectivity index (χ1n) is 12.1. The zero-order valence-corrected chi connectivity index (χ0v) is 22.3. The molecule has 0 saturated heterocycles. The summed E-state index contributed by atoms with van der Waals surface area (Å²) in [5.74, 6) is 0. The fraction of sp³-hybridized carbons (Fsp3) is 1.00. The van der Waals surface area contributed by atoms with Crippen LogP contribution in [0.5, 0.6) is 0 Å². The smallest absolute Gasteiger partial charge is 0.748 e. The van der Waals surface area contributed by atoms with Crippen LogP contribution in [-0.4, -0.2) is 29.9 Å². The number of hydrogen-bond donors (Lipinski definition) is 1. The van der Waals surface area contributed by atoms with Crippen molar-refractivity contribution in [2.75, 3.05) is 6.61 Å². The number of aliphatic hydroxyl groups excluding tert-OH is 1. The normalized spacial score (nSPS) is 12.7. The Balaban J connectivity index is 0. The van der Waals surface area contributed by atoms with E-state index in [1.54, 1.807) is 0 Å². The zero-order chi connectivity index (χ0) is 20.9. The fourth-order valence-corrected chi connectivity index (χ4v) is 4.75. The van der Waals surface area contributed by atoms with Crippen molar-refractivity contribution in [1.82, 2.24) is 0 Å². The molecule has 0 saturated carbocycles. The summed E-state index contributed by atoms with van der Waals surface area (Å²) in [6.07, 6.45) is 21.9. The van der Waals surface area contributed by atoms with Crippen LogP contribution in [0.15, 0.2) is 0 Å². The van der Waals surface area contributed by atoms with E-state index >= 15 is 0 Å². The predicted molar refractivity (Wildman–Crippen MR) is 119 cm³/mol. The summed E-state index contributed by atoms with van der Waals surface area (Å²) < 4.78 is 34.4. The van der Waals surface area contributed by atoms with Gasteiger partial charge in [0.05, 0.1) is 10.1 Å². The third-order valence-corrected chi connectivity index (χ3v) is 7.01. The molecular formula is C23H47NaO4S. The Labute approximate surface area is 204 Å². The zero-order valence-electron chi connectivity index (χ0n) is 19.5. The van der Waals surface area contributed by atoms with E-state index in [-0.39, 0.29) is 29.6 Å². The van der Waals surface area contributed by atoms with E-state index in [2.05, 4.69) is 6.92 Å². The van der Waals surface area contributed by atoms with E-state index in [1.807, 2.05) is 0 Å². The summed E-state index contributed by atoms with van der Waals surface area (Å²) in [7, 11) is -4.14. The Morgan fingerprint density at radius 2 is 0.931 bits per heavy atom. The van der Waals surface area contributed by atoms with Gasteiger partial charge >= 0.3 is 29.6 Å². The number of aliphatic hydroxyl groups is 1. The molecule has 1 unspecified atom stereocenters. The van der Waals surface area contributed by atoms with Crippen molar-refractivity contribution < 1.29 is 47.6 Å². The Bertz CT molecular complexity index is 415. The molecule has 0 aromatic rings. The van der Waals surface area contributed by atoms with Crippen LogP contribution in [0.4, 0.5) is 0 Å². The van der Waals surface area contributed by atoms with Crippen LogP contribution in [0.2, 0.25) is 0 Å². The summed E-state index contributed by atoms with van der Waals surface area (Å²) in [5.41, 5.74) is 0. The average molecular weight is 443 g/mol. The van der Waals surface area contributed by atoms with Crippen LogP contribution in [0, 0.1) is 0 Å². The maximum Gasteiger partial charge on any atom is 1.00 e. The molecule has 0 fully saturated rings. The molecule has 1 atom stereocenters. The maximum absolute atomic E-state index is 11.5. The first-order chi connectivity index (χ1) is 13.5. The van der Waals surface area contributed by atoms with Gasteiger partial charge in [-0.2, -0.15) is 0 Å². The minimum Gasteiger partial charge on any atom is -0.748 e. The van der Waals surface area contributed by atoms with Gasteiger partial charge < -0.3 is 9.66 Å². The first kappa shape index (κ1) is 32.1. The van der Waals surface area contributed by atoms with Gasteiger partial charge in [-0.15, -0.1) is 0 Å². The molecular weight excluding hydrogens is 395 g/mol. The Morgan fingerprint density at radius 3 is 1.24 bits per heavy atom. The monoisotopic (exact) mass is 442 g/mol. The van der Waals surface area contributed by atoms with E-state index in [0.29, 0.717) is 19.4 Å². The molecule has 0 aromatic heterocycles. The Kier molecular flexibility index (Phi) is 26.0. The van der Waals surface area contributed by atoms with Gasteiger partial charge in [-0.3, -0.25) is 0 Å². The minimum atomic E-state index is -4.14. The van der Waals surface area contributed by atoms with Crippen LogP contribution in [0.1, 0.15) is 135 Å². The van der Waals surface area contributed by atoms with Gasteiger partial charge in [0.15, 0.2) is 0 Å². The van der Waals surface area contributed by atoms with Crippen molar-refractivity contribution in [2.24, 2.45) is 0 Å². The van der Waals surface area contributed by atoms with Crippen molar-refractivity contribution in [2.45, 2.75) is 141 Å². The van der Waals surface area contributed by atoms with Crippen molar-refractivity contribution in [1.29, 1.82) is 0 Å². The van der Waals surface area contributed by atoms with E-state index in [4.69, 9.17) is 5.11 Å². The van der Waals surface area contributed by atoms with E-state index in [0.717, 1.165) is 51.4 Å². The molecule has 4 nitrogen and oxygen atoms in total. The molecule has 0 amide bonds. The summed E-state index contributed by atoms with van der Waals surface area (Å²) in [6.45, 7) is 2.50. The predicted octanol–water partition coefficient (Wildman–Crippen LogP) is 3.72. The first-order valence-corrected chi connectivity index (χ1v) is 13.5. The van der Waals surface area contributed by atoms with Gasteiger partial charge in [0.2, 0.25) is 0 Å². The second-order valence-electron chi connectivity index (χ2n) is 8.43. The van der Waals surface area contributed by atoms with Crippen LogP contribution in [0.25, 0.3) is 0 Å². The summed E-state index contributed by atoms with van der Waals surface area (Å²) >= 11 is 0. The Morgan fingerprint density at radius 1 is 0.621 bits per heavy atom. The number of rotatable bonds is 22. The van der Waals surface area contributed by atoms with E-state index < -0.39 is 15.4 Å². The molecule has 6 heteroatoms. The van der Waals surface area contributed by atoms with Crippen molar-refractivity contribution in [3.8, 4) is 0 Å². The second-order valence-corrected chi connectivity index (χ2v) is 10.1. The summed E-state index contributed by atoms with van der Waals surface area (Å²) in [6, 6.07) is 0. The van der Waals surface area contributed by atoms with Gasteiger partial charge in [-0.1, -0.05) is 116 Å². The van der Waals surface area contributed by atoms with Crippen molar-refractivity contribution >= 4 is 10.1 Å². The molecule has 0 rings (SSSR count). The van der Waals surface area contributed by atoms with Gasteiger partial charge in [-0.05, 0) is 19.3 Å². The summed E-state index contributed by atoms with van der Waals surface area (Å²) in [4.78, 5) is 0. The second kappa shape index (κ2) is 23.5. The molecule has 170 valence electrons. The molecule has 1 N–H and O–H groups in total. The molecule has 0 aromatic carbocycles. The minimum absolute atomic E-state index is 0. The third kappa shape index (κ3) is 23.4. The van der Waals surface area contributed by atoms with Gasteiger partial charge in [-0.25, -0.2) is 8.42 Å². The largest absolute Gasteiger partial charge is 1.00 e. The van der Waals surface area contributed by atoms with E-state index in [9.17, 15) is 13.0 Å². The van der Waals surface area contributed by atoms with Crippen molar-refractivity contribution in [3.05, 3.63) is 0 Å². The van der Waals surface area contributed by atoms with Crippen LogP contribution in [-0.2, 0) is 10.1 Å².